The van der Waals surface area contributed by atoms with Crippen LogP contribution in [0.2, 0.25) is 0 Å². The van der Waals surface area contributed by atoms with Crippen LogP contribution in [-0.4, -0.2) is 22.1 Å². The summed E-state index contributed by atoms with van der Waals surface area (Å²) in [5, 5.41) is 10.4. The smallest absolute Gasteiger partial charge is 0.287 e. The Balaban J connectivity index is 1.93. The zero-order valence-corrected chi connectivity index (χ0v) is 9.46. The van der Waals surface area contributed by atoms with Gasteiger partial charge in [-0.25, -0.2) is 4.98 Å². The highest BCUT2D eigenvalue weighted by Crippen LogP contribution is 2.27. The normalized spacial score (nSPS) is 17.9. The predicted molar refractivity (Wildman–Crippen MR) is 61.8 cm³/mol. The van der Waals surface area contributed by atoms with E-state index in [0.717, 1.165) is 25.7 Å². The number of nitrogens with two attached hydrogens (primary N) is 1. The van der Waals surface area contributed by atoms with E-state index in [-0.39, 0.29) is 11.2 Å². The Morgan fingerprint density at radius 3 is 2.71 bits per heavy atom. The number of hydrogen-bond donors (Lipinski definition) is 1. The van der Waals surface area contributed by atoms with Crippen LogP contribution in [0.25, 0.3) is 0 Å². The molecule has 0 aliphatic heterocycles. The Labute approximate surface area is 98.9 Å². The fourth-order valence-electron chi connectivity index (χ4n) is 2.01. The molecule has 2 N–H and O–H groups in total. The van der Waals surface area contributed by atoms with Gasteiger partial charge >= 0.3 is 0 Å². The van der Waals surface area contributed by atoms with Crippen molar-refractivity contribution in [1.82, 2.24) is 4.98 Å². The van der Waals surface area contributed by atoms with Gasteiger partial charge in [0.25, 0.3) is 5.69 Å². The summed E-state index contributed by atoms with van der Waals surface area (Å²) < 4.78 is 5.47. The third-order valence-corrected chi connectivity index (χ3v) is 3.04. The summed E-state index contributed by atoms with van der Waals surface area (Å²) in [5.74, 6) is 0.382. The highest BCUT2D eigenvalue weighted by atomic mass is 16.6. The molecule has 1 aromatic heterocycles. The lowest BCUT2D eigenvalue weighted by molar-refractivity contribution is -0.385. The van der Waals surface area contributed by atoms with E-state index in [2.05, 4.69) is 4.98 Å². The van der Waals surface area contributed by atoms with Crippen LogP contribution in [0.1, 0.15) is 25.7 Å². The van der Waals surface area contributed by atoms with Gasteiger partial charge in [-0.05, 0) is 12.8 Å². The molecule has 1 aromatic rings. The molecule has 0 aromatic carbocycles. The third-order valence-electron chi connectivity index (χ3n) is 3.04. The van der Waals surface area contributed by atoms with E-state index >= 15 is 0 Å². The number of rotatable bonds is 4. The summed E-state index contributed by atoms with van der Waals surface area (Å²) in [6.07, 6.45) is 5.37. The van der Waals surface area contributed by atoms with Gasteiger partial charge < -0.3 is 10.5 Å². The van der Waals surface area contributed by atoms with Crippen molar-refractivity contribution in [1.29, 1.82) is 0 Å². The van der Waals surface area contributed by atoms with Crippen LogP contribution >= 0.6 is 0 Å². The largest absolute Gasteiger partial charge is 0.476 e. The summed E-state index contributed by atoms with van der Waals surface area (Å²) in [5.41, 5.74) is 5.82. The zero-order valence-electron chi connectivity index (χ0n) is 9.46. The second-order valence-corrected chi connectivity index (χ2v) is 4.47. The van der Waals surface area contributed by atoms with Gasteiger partial charge in [-0.3, -0.25) is 10.1 Å². The molecule has 0 atom stereocenters. The van der Waals surface area contributed by atoms with E-state index in [1.165, 1.54) is 18.3 Å². The Bertz CT molecular complexity index is 399. The number of aromatic nitrogens is 1. The molecule has 92 valence electrons. The first-order valence-electron chi connectivity index (χ1n) is 5.61. The molecule has 0 amide bonds. The Morgan fingerprint density at radius 1 is 1.47 bits per heavy atom. The Hall–Kier alpha value is -1.69. The van der Waals surface area contributed by atoms with Gasteiger partial charge in [0.2, 0.25) is 5.88 Å². The van der Waals surface area contributed by atoms with E-state index in [1.807, 2.05) is 0 Å². The molecule has 17 heavy (non-hydrogen) atoms. The van der Waals surface area contributed by atoms with Crippen molar-refractivity contribution in [2.45, 2.75) is 31.2 Å². The molecule has 0 spiro atoms. The van der Waals surface area contributed by atoms with Crippen molar-refractivity contribution in [3.63, 3.8) is 0 Å². The van der Waals surface area contributed by atoms with Crippen LogP contribution in [0.4, 0.5) is 5.69 Å². The van der Waals surface area contributed by atoms with E-state index in [4.69, 9.17) is 10.5 Å². The van der Waals surface area contributed by atoms with Crippen LogP contribution in [0.3, 0.4) is 0 Å². The quantitative estimate of drug-likeness (QED) is 0.634. The zero-order chi connectivity index (χ0) is 12.3. The number of nitrogens with zero attached hydrogens (tertiary/aromatic N) is 2. The molecule has 1 saturated carbocycles. The minimum absolute atomic E-state index is 0.0410. The van der Waals surface area contributed by atoms with Gasteiger partial charge in [0.15, 0.2) is 0 Å². The van der Waals surface area contributed by atoms with Crippen LogP contribution in [0, 0.1) is 10.1 Å². The molecule has 2 rings (SSSR count). The standard InChI is InChI=1S/C11H15N3O3/c12-11(5-1-2-6-11)8-17-10-4-3-9(7-13-10)14(15)16/h3-4,7H,1-2,5-6,8,12H2. The molecule has 0 saturated heterocycles. The maximum absolute atomic E-state index is 10.4. The second kappa shape index (κ2) is 4.67. The van der Waals surface area contributed by atoms with Crippen molar-refractivity contribution in [3.05, 3.63) is 28.4 Å². The summed E-state index contributed by atoms with van der Waals surface area (Å²) in [6, 6.07) is 2.87. The first kappa shape index (κ1) is 11.8. The van der Waals surface area contributed by atoms with Crippen molar-refractivity contribution in [3.8, 4) is 5.88 Å². The third kappa shape index (κ3) is 2.91. The minimum Gasteiger partial charge on any atom is -0.476 e. The van der Waals surface area contributed by atoms with E-state index in [0.29, 0.717) is 12.5 Å². The monoisotopic (exact) mass is 237 g/mol. The lowest BCUT2D eigenvalue weighted by atomic mass is 10.0. The molecule has 0 unspecified atom stereocenters. The lowest BCUT2D eigenvalue weighted by Crippen LogP contribution is -2.42. The molecular formula is C11H15N3O3. The van der Waals surface area contributed by atoms with Crippen LogP contribution < -0.4 is 10.5 Å². The molecular weight excluding hydrogens is 222 g/mol. The predicted octanol–water partition coefficient (Wildman–Crippen LogP) is 1.64. The van der Waals surface area contributed by atoms with E-state index < -0.39 is 4.92 Å². The number of nitro groups is 1. The van der Waals surface area contributed by atoms with Crippen molar-refractivity contribution in [2.24, 2.45) is 5.73 Å². The van der Waals surface area contributed by atoms with Crippen molar-refractivity contribution < 1.29 is 9.66 Å². The van der Waals surface area contributed by atoms with Gasteiger partial charge in [0.1, 0.15) is 12.8 Å². The number of pyridine rings is 1. The maximum atomic E-state index is 10.4. The summed E-state index contributed by atoms with van der Waals surface area (Å²) in [6.45, 7) is 0.414. The lowest BCUT2D eigenvalue weighted by Gasteiger charge is -2.22. The van der Waals surface area contributed by atoms with Gasteiger partial charge in [0, 0.05) is 12.1 Å². The van der Waals surface area contributed by atoms with Gasteiger partial charge in [0.05, 0.1) is 10.5 Å². The number of ether oxygens (including phenoxy) is 1. The van der Waals surface area contributed by atoms with Crippen LogP contribution in [-0.2, 0) is 0 Å². The van der Waals surface area contributed by atoms with Crippen LogP contribution in [0.5, 0.6) is 5.88 Å². The first-order valence-corrected chi connectivity index (χ1v) is 5.61. The minimum atomic E-state index is -0.488. The molecule has 0 bridgehead atoms. The van der Waals surface area contributed by atoms with Crippen LogP contribution in [0.15, 0.2) is 18.3 Å². The maximum Gasteiger partial charge on any atom is 0.287 e. The molecule has 1 fully saturated rings. The van der Waals surface area contributed by atoms with Crippen molar-refractivity contribution >= 4 is 5.69 Å². The molecule has 0 radical (unpaired) electrons. The highest BCUT2D eigenvalue weighted by molar-refractivity contribution is 5.28. The molecule has 1 heterocycles. The average Bonchev–Trinajstić information content (AvgIpc) is 2.75. The Morgan fingerprint density at radius 2 is 2.18 bits per heavy atom. The Kier molecular flexibility index (Phi) is 3.23. The fraction of sp³-hybridized carbons (Fsp3) is 0.545. The second-order valence-electron chi connectivity index (χ2n) is 4.47. The van der Waals surface area contributed by atoms with Gasteiger partial charge in [-0.1, -0.05) is 12.8 Å². The van der Waals surface area contributed by atoms with Crippen molar-refractivity contribution in [2.75, 3.05) is 6.61 Å². The summed E-state index contributed by atoms with van der Waals surface area (Å²) in [7, 11) is 0. The number of hydrogen-bond acceptors (Lipinski definition) is 5. The molecule has 6 heteroatoms. The fourth-order valence-corrected chi connectivity index (χ4v) is 2.01. The van der Waals surface area contributed by atoms with Gasteiger partial charge in [-0.15, -0.1) is 0 Å². The SMILES string of the molecule is NC1(COc2ccc([N+](=O)[O-])cn2)CCCC1. The van der Waals surface area contributed by atoms with E-state index in [9.17, 15) is 10.1 Å². The first-order chi connectivity index (χ1) is 8.09. The highest BCUT2D eigenvalue weighted by Gasteiger charge is 2.30. The molecule has 1 aliphatic rings. The molecule has 6 nitrogen and oxygen atoms in total. The average molecular weight is 237 g/mol. The van der Waals surface area contributed by atoms with Gasteiger partial charge in [-0.2, -0.15) is 0 Å². The summed E-state index contributed by atoms with van der Waals surface area (Å²) >= 11 is 0. The molecule has 1 aliphatic carbocycles. The van der Waals surface area contributed by atoms with E-state index in [1.54, 1.807) is 0 Å². The summed E-state index contributed by atoms with van der Waals surface area (Å²) in [4.78, 5) is 13.8. The topological polar surface area (TPSA) is 91.3 Å².